The van der Waals surface area contributed by atoms with Crippen molar-refractivity contribution in [2.75, 3.05) is 6.61 Å². The lowest BCUT2D eigenvalue weighted by Gasteiger charge is -2.21. The number of aryl methyl sites for hydroxylation is 4. The van der Waals surface area contributed by atoms with Crippen LogP contribution in [0.5, 0.6) is 0 Å². The van der Waals surface area contributed by atoms with Crippen LogP contribution in [-0.4, -0.2) is 33.3 Å². The summed E-state index contributed by atoms with van der Waals surface area (Å²) in [5, 5.41) is 16.5. The number of pyridine rings is 1. The van der Waals surface area contributed by atoms with Crippen molar-refractivity contribution in [3.63, 3.8) is 0 Å². The van der Waals surface area contributed by atoms with Gasteiger partial charge >= 0.3 is 0 Å². The first-order valence-corrected chi connectivity index (χ1v) is 14.0. The quantitative estimate of drug-likeness (QED) is 0.216. The van der Waals surface area contributed by atoms with Crippen molar-refractivity contribution in [2.24, 2.45) is 5.73 Å². The SMILES string of the molecule is CC(C)(N)CO.Cc1cnc(C(NC(=O)Cc2ccc3oc(Cc4c(C)noc4C)cc3c2)c2ccccc2)c(C)c1. The number of hydrogen-bond donors (Lipinski definition) is 3. The minimum Gasteiger partial charge on any atom is -0.461 e. The number of carbonyl (C=O) groups is 1. The maximum atomic E-state index is 13.2. The highest BCUT2D eigenvalue weighted by molar-refractivity contribution is 5.83. The molecule has 42 heavy (non-hydrogen) atoms. The first-order valence-electron chi connectivity index (χ1n) is 14.0. The zero-order chi connectivity index (χ0) is 30.4. The Balaban J connectivity index is 0.000000612. The topological polar surface area (TPSA) is 127 Å². The summed E-state index contributed by atoms with van der Waals surface area (Å²) >= 11 is 0. The van der Waals surface area contributed by atoms with Crippen LogP contribution in [0.15, 0.2) is 75.8 Å². The average molecular weight is 569 g/mol. The summed E-state index contributed by atoms with van der Waals surface area (Å²) in [7, 11) is 0. The number of benzene rings is 2. The fraction of sp³-hybridized carbons (Fsp3) is 0.324. The van der Waals surface area contributed by atoms with Gasteiger partial charge in [0.1, 0.15) is 17.1 Å². The van der Waals surface area contributed by atoms with Gasteiger partial charge in [0.25, 0.3) is 0 Å². The molecule has 2 aromatic carbocycles. The summed E-state index contributed by atoms with van der Waals surface area (Å²) in [6, 6.07) is 19.6. The Kier molecular flexibility index (Phi) is 9.60. The van der Waals surface area contributed by atoms with Crippen molar-refractivity contribution in [1.29, 1.82) is 0 Å². The van der Waals surface area contributed by atoms with Crippen molar-refractivity contribution in [3.05, 3.63) is 118 Å². The van der Waals surface area contributed by atoms with E-state index in [0.717, 1.165) is 61.7 Å². The van der Waals surface area contributed by atoms with Gasteiger partial charge in [0.05, 0.1) is 30.5 Å². The summed E-state index contributed by atoms with van der Waals surface area (Å²) in [6.07, 6.45) is 2.72. The van der Waals surface area contributed by atoms with Gasteiger partial charge in [-0.2, -0.15) is 0 Å². The van der Waals surface area contributed by atoms with E-state index >= 15 is 0 Å². The molecule has 0 aliphatic rings. The van der Waals surface area contributed by atoms with Crippen molar-refractivity contribution in [3.8, 4) is 0 Å². The minimum atomic E-state index is -0.403. The molecule has 0 radical (unpaired) electrons. The van der Waals surface area contributed by atoms with E-state index in [-0.39, 0.29) is 25.0 Å². The molecule has 4 N–H and O–H groups in total. The Morgan fingerprint density at radius 2 is 1.76 bits per heavy atom. The van der Waals surface area contributed by atoms with Crippen LogP contribution in [0.25, 0.3) is 11.0 Å². The Morgan fingerprint density at radius 1 is 1.05 bits per heavy atom. The molecule has 0 aliphatic carbocycles. The molecular formula is C34H40N4O4. The van der Waals surface area contributed by atoms with Gasteiger partial charge in [0.2, 0.25) is 5.91 Å². The predicted octanol–water partition coefficient (Wildman–Crippen LogP) is 5.80. The van der Waals surface area contributed by atoms with Gasteiger partial charge in [0, 0.05) is 29.1 Å². The van der Waals surface area contributed by atoms with Crippen molar-refractivity contribution in [1.82, 2.24) is 15.5 Å². The van der Waals surface area contributed by atoms with E-state index in [0.29, 0.717) is 6.42 Å². The summed E-state index contributed by atoms with van der Waals surface area (Å²) in [4.78, 5) is 17.9. The molecule has 0 saturated carbocycles. The van der Waals surface area contributed by atoms with Crippen LogP contribution in [0.4, 0.5) is 0 Å². The number of nitrogens with one attached hydrogen (secondary N) is 1. The molecule has 0 spiro atoms. The van der Waals surface area contributed by atoms with E-state index in [1.165, 1.54) is 0 Å². The Labute approximate surface area is 246 Å². The molecule has 220 valence electrons. The van der Waals surface area contributed by atoms with E-state index < -0.39 is 5.54 Å². The number of aliphatic hydroxyl groups is 1. The van der Waals surface area contributed by atoms with Crippen molar-refractivity contribution < 1.29 is 18.8 Å². The van der Waals surface area contributed by atoms with Gasteiger partial charge in [-0.25, -0.2) is 0 Å². The predicted molar refractivity (Wildman–Crippen MR) is 164 cm³/mol. The number of fused-ring (bicyclic) bond motifs is 1. The second-order valence-corrected chi connectivity index (χ2v) is 11.5. The van der Waals surface area contributed by atoms with Crippen LogP contribution >= 0.6 is 0 Å². The Bertz CT molecular complexity index is 1630. The third-order valence-electron chi connectivity index (χ3n) is 6.90. The number of aliphatic hydroxyl groups excluding tert-OH is 1. The highest BCUT2D eigenvalue weighted by atomic mass is 16.5. The molecule has 1 atom stereocenters. The van der Waals surface area contributed by atoms with E-state index in [2.05, 4.69) is 21.5 Å². The Hall–Kier alpha value is -4.27. The fourth-order valence-corrected chi connectivity index (χ4v) is 4.65. The fourth-order valence-electron chi connectivity index (χ4n) is 4.65. The van der Waals surface area contributed by atoms with Crippen molar-refractivity contribution in [2.45, 2.75) is 66.0 Å². The number of furan rings is 1. The van der Waals surface area contributed by atoms with E-state index in [9.17, 15) is 4.79 Å². The highest BCUT2D eigenvalue weighted by Gasteiger charge is 2.21. The van der Waals surface area contributed by atoms with Gasteiger partial charge in [-0.3, -0.25) is 9.78 Å². The van der Waals surface area contributed by atoms with Gasteiger partial charge in [-0.05, 0) is 82.0 Å². The van der Waals surface area contributed by atoms with Crippen LogP contribution in [0, 0.1) is 27.7 Å². The summed E-state index contributed by atoms with van der Waals surface area (Å²) in [5.41, 5.74) is 12.5. The maximum Gasteiger partial charge on any atom is 0.225 e. The standard InChI is InChI=1S/C30H29N3O3.C4H11NO/c1-18-12-19(2)29(31-17-18)30(23-8-6-5-7-9-23)32-28(34)14-22-10-11-27-24(13-22)15-25(35-27)16-26-20(3)33-36-21(26)4;1-4(2,5)3-6/h5-13,15,17,30H,14,16H2,1-4H3,(H,32,34);6H,3,5H2,1-2H3. The van der Waals surface area contributed by atoms with Crippen LogP contribution in [0.3, 0.4) is 0 Å². The molecular weight excluding hydrogens is 528 g/mol. The smallest absolute Gasteiger partial charge is 0.225 e. The number of nitrogens with two attached hydrogens (primary N) is 1. The second kappa shape index (κ2) is 13.1. The molecule has 0 fully saturated rings. The average Bonchev–Trinajstić information content (AvgIpc) is 3.50. The zero-order valence-electron chi connectivity index (χ0n) is 25.2. The number of rotatable bonds is 8. The molecule has 8 heteroatoms. The normalized spacial score (nSPS) is 12.1. The number of hydrogen-bond acceptors (Lipinski definition) is 7. The van der Waals surface area contributed by atoms with E-state index in [1.807, 2.05) is 88.5 Å². The number of amides is 1. The van der Waals surface area contributed by atoms with Gasteiger partial charge in [-0.15, -0.1) is 0 Å². The minimum absolute atomic E-state index is 0.0486. The number of carbonyl (C=O) groups excluding carboxylic acids is 1. The van der Waals surface area contributed by atoms with Crippen LogP contribution < -0.4 is 11.1 Å². The van der Waals surface area contributed by atoms with Crippen LogP contribution in [0.1, 0.15) is 70.6 Å². The molecule has 1 unspecified atom stereocenters. The molecule has 0 bridgehead atoms. The monoisotopic (exact) mass is 568 g/mol. The lowest BCUT2D eigenvalue weighted by Crippen LogP contribution is -2.35. The highest BCUT2D eigenvalue weighted by Crippen LogP contribution is 2.26. The second-order valence-electron chi connectivity index (χ2n) is 11.5. The number of nitrogens with zero attached hydrogens (tertiary/aromatic N) is 2. The lowest BCUT2D eigenvalue weighted by atomic mass is 9.98. The van der Waals surface area contributed by atoms with Crippen LogP contribution in [-0.2, 0) is 17.6 Å². The number of aromatic nitrogens is 2. The van der Waals surface area contributed by atoms with Gasteiger partial charge < -0.3 is 25.1 Å². The first kappa shape index (κ1) is 30.7. The molecule has 3 aromatic heterocycles. The van der Waals surface area contributed by atoms with Crippen LogP contribution in [0.2, 0.25) is 0 Å². The Morgan fingerprint density at radius 3 is 2.38 bits per heavy atom. The third kappa shape index (κ3) is 7.93. The summed E-state index contributed by atoms with van der Waals surface area (Å²) in [6.45, 7) is 11.5. The lowest BCUT2D eigenvalue weighted by molar-refractivity contribution is -0.121. The molecule has 0 saturated heterocycles. The molecule has 8 nitrogen and oxygen atoms in total. The van der Waals surface area contributed by atoms with Crippen molar-refractivity contribution >= 4 is 16.9 Å². The zero-order valence-corrected chi connectivity index (χ0v) is 25.2. The van der Waals surface area contributed by atoms with Gasteiger partial charge in [-0.1, -0.05) is 47.6 Å². The molecule has 1 amide bonds. The maximum absolute atomic E-state index is 13.2. The van der Waals surface area contributed by atoms with Gasteiger partial charge in [0.15, 0.2) is 0 Å². The largest absolute Gasteiger partial charge is 0.461 e. The summed E-state index contributed by atoms with van der Waals surface area (Å²) < 4.78 is 11.3. The van der Waals surface area contributed by atoms with E-state index in [1.54, 1.807) is 13.8 Å². The molecule has 5 rings (SSSR count). The molecule has 5 aromatic rings. The first-order chi connectivity index (χ1) is 19.9. The summed E-state index contributed by atoms with van der Waals surface area (Å²) in [5.74, 6) is 1.58. The third-order valence-corrected chi connectivity index (χ3v) is 6.90. The molecule has 0 aliphatic heterocycles. The molecule has 3 heterocycles. The van der Waals surface area contributed by atoms with E-state index in [4.69, 9.17) is 19.8 Å².